The fourth-order valence-electron chi connectivity index (χ4n) is 1.93. The number of ether oxygens (including phenoxy) is 1. The van der Waals surface area contributed by atoms with Crippen molar-refractivity contribution in [2.75, 3.05) is 31.6 Å². The molecule has 1 fully saturated rings. The van der Waals surface area contributed by atoms with E-state index in [1.165, 1.54) is 6.07 Å². The minimum Gasteiger partial charge on any atom is -0.378 e. The van der Waals surface area contributed by atoms with Gasteiger partial charge in [-0.25, -0.2) is 0 Å². The van der Waals surface area contributed by atoms with Crippen molar-refractivity contribution >= 4 is 11.4 Å². The summed E-state index contributed by atoms with van der Waals surface area (Å²) in [5.74, 6) is 0. The Kier molecular flexibility index (Phi) is 4.11. The third kappa shape index (κ3) is 3.18. The topological polar surface area (TPSA) is 76.4 Å². The van der Waals surface area contributed by atoms with E-state index in [0.29, 0.717) is 18.8 Å². The van der Waals surface area contributed by atoms with Gasteiger partial charge in [0.25, 0.3) is 5.69 Å². The van der Waals surface area contributed by atoms with Gasteiger partial charge in [0.15, 0.2) is 0 Å². The normalized spacial score (nSPS) is 19.5. The Morgan fingerprint density at radius 3 is 3.11 bits per heavy atom. The molecule has 6 nitrogen and oxygen atoms in total. The fourth-order valence-corrected chi connectivity index (χ4v) is 1.93. The Balaban J connectivity index is 2.03. The van der Waals surface area contributed by atoms with Crippen LogP contribution in [0, 0.1) is 17.0 Å². The first kappa shape index (κ1) is 12.8. The van der Waals surface area contributed by atoms with Crippen LogP contribution in [-0.4, -0.2) is 37.3 Å². The molecule has 1 saturated heterocycles. The summed E-state index contributed by atoms with van der Waals surface area (Å²) >= 11 is 0. The van der Waals surface area contributed by atoms with Gasteiger partial charge in [0.2, 0.25) is 0 Å². The van der Waals surface area contributed by atoms with E-state index in [1.807, 2.05) is 6.92 Å². The van der Waals surface area contributed by atoms with Gasteiger partial charge < -0.3 is 15.4 Å². The van der Waals surface area contributed by atoms with Gasteiger partial charge in [-0.15, -0.1) is 0 Å². The van der Waals surface area contributed by atoms with Crippen molar-refractivity contribution in [3.05, 3.63) is 33.9 Å². The van der Waals surface area contributed by atoms with Crippen molar-refractivity contribution in [2.24, 2.45) is 0 Å². The standard InChI is InChI=1S/C12H17N3O3/c1-9-2-3-12(15(16)17)11(6-9)14-7-10-8-18-5-4-13-10/h2-3,6,10,13-14H,4-5,7-8H2,1H3. The molecule has 1 unspecified atom stereocenters. The second kappa shape index (κ2) is 5.79. The lowest BCUT2D eigenvalue weighted by Crippen LogP contribution is -2.45. The molecule has 18 heavy (non-hydrogen) atoms. The van der Waals surface area contributed by atoms with E-state index in [4.69, 9.17) is 4.74 Å². The Bertz CT molecular complexity index is 431. The van der Waals surface area contributed by atoms with E-state index in [1.54, 1.807) is 12.1 Å². The number of hydrogen-bond donors (Lipinski definition) is 2. The predicted octanol–water partition coefficient (Wildman–Crippen LogP) is 1.30. The zero-order valence-corrected chi connectivity index (χ0v) is 10.3. The number of nitrogens with one attached hydrogen (secondary N) is 2. The maximum Gasteiger partial charge on any atom is 0.292 e. The van der Waals surface area contributed by atoms with Crippen LogP contribution < -0.4 is 10.6 Å². The summed E-state index contributed by atoms with van der Waals surface area (Å²) in [5, 5.41) is 17.3. The van der Waals surface area contributed by atoms with Crippen LogP contribution in [0.4, 0.5) is 11.4 Å². The smallest absolute Gasteiger partial charge is 0.292 e. The average Bonchev–Trinajstić information content (AvgIpc) is 2.37. The highest BCUT2D eigenvalue weighted by molar-refractivity contribution is 5.62. The van der Waals surface area contributed by atoms with Crippen molar-refractivity contribution in [1.82, 2.24) is 5.32 Å². The summed E-state index contributed by atoms with van der Waals surface area (Å²) in [5.41, 5.74) is 1.67. The van der Waals surface area contributed by atoms with E-state index in [2.05, 4.69) is 10.6 Å². The van der Waals surface area contributed by atoms with E-state index in [9.17, 15) is 10.1 Å². The van der Waals surface area contributed by atoms with Crippen molar-refractivity contribution in [3.63, 3.8) is 0 Å². The molecule has 0 aromatic heterocycles. The minimum atomic E-state index is -0.368. The van der Waals surface area contributed by atoms with Crippen LogP contribution >= 0.6 is 0 Å². The van der Waals surface area contributed by atoms with Gasteiger partial charge >= 0.3 is 0 Å². The number of nitrogens with zero attached hydrogens (tertiary/aromatic N) is 1. The molecule has 1 aliphatic rings. The molecule has 0 spiro atoms. The van der Waals surface area contributed by atoms with Crippen LogP contribution in [-0.2, 0) is 4.74 Å². The van der Waals surface area contributed by atoms with Crippen LogP contribution in [0.3, 0.4) is 0 Å². The van der Waals surface area contributed by atoms with Crippen LogP contribution in [0.5, 0.6) is 0 Å². The molecule has 1 aliphatic heterocycles. The van der Waals surface area contributed by atoms with E-state index < -0.39 is 0 Å². The molecule has 0 amide bonds. The first-order chi connectivity index (χ1) is 8.66. The van der Waals surface area contributed by atoms with E-state index >= 15 is 0 Å². The van der Waals surface area contributed by atoms with Crippen LogP contribution in [0.2, 0.25) is 0 Å². The lowest BCUT2D eigenvalue weighted by molar-refractivity contribution is -0.384. The first-order valence-electron chi connectivity index (χ1n) is 5.97. The van der Waals surface area contributed by atoms with E-state index in [-0.39, 0.29) is 16.7 Å². The van der Waals surface area contributed by atoms with Gasteiger partial charge in [0.05, 0.1) is 18.1 Å². The number of morpholine rings is 1. The second-order valence-electron chi connectivity index (χ2n) is 4.38. The van der Waals surface area contributed by atoms with Gasteiger partial charge in [-0.3, -0.25) is 10.1 Å². The third-order valence-electron chi connectivity index (χ3n) is 2.89. The zero-order chi connectivity index (χ0) is 13.0. The zero-order valence-electron chi connectivity index (χ0n) is 10.3. The molecular formula is C12H17N3O3. The first-order valence-corrected chi connectivity index (χ1v) is 5.97. The van der Waals surface area contributed by atoms with Crippen molar-refractivity contribution < 1.29 is 9.66 Å². The average molecular weight is 251 g/mol. The van der Waals surface area contributed by atoms with Gasteiger partial charge in [-0.05, 0) is 18.6 Å². The molecule has 0 bridgehead atoms. The summed E-state index contributed by atoms with van der Waals surface area (Å²) in [6.07, 6.45) is 0. The second-order valence-corrected chi connectivity index (χ2v) is 4.38. The van der Waals surface area contributed by atoms with Crippen LogP contribution in [0.1, 0.15) is 5.56 Å². The fraction of sp³-hybridized carbons (Fsp3) is 0.500. The molecule has 1 aromatic rings. The van der Waals surface area contributed by atoms with Crippen LogP contribution in [0.15, 0.2) is 18.2 Å². The molecule has 1 aromatic carbocycles. The number of nitro groups is 1. The molecule has 1 heterocycles. The van der Waals surface area contributed by atoms with Crippen molar-refractivity contribution in [3.8, 4) is 0 Å². The largest absolute Gasteiger partial charge is 0.378 e. The molecule has 0 aliphatic carbocycles. The maximum atomic E-state index is 10.9. The Labute approximate surface area is 105 Å². The predicted molar refractivity (Wildman–Crippen MR) is 68.9 cm³/mol. The third-order valence-corrected chi connectivity index (χ3v) is 2.89. The van der Waals surface area contributed by atoms with Gasteiger partial charge in [-0.2, -0.15) is 0 Å². The van der Waals surface area contributed by atoms with Crippen molar-refractivity contribution in [1.29, 1.82) is 0 Å². The highest BCUT2D eigenvalue weighted by Gasteiger charge is 2.16. The number of nitro benzene ring substituents is 1. The van der Waals surface area contributed by atoms with Crippen LogP contribution in [0.25, 0.3) is 0 Å². The number of aryl methyl sites for hydroxylation is 1. The van der Waals surface area contributed by atoms with Gasteiger partial charge in [0.1, 0.15) is 5.69 Å². The molecular weight excluding hydrogens is 234 g/mol. The molecule has 0 radical (unpaired) electrons. The lowest BCUT2D eigenvalue weighted by atomic mass is 10.2. The molecule has 98 valence electrons. The molecule has 2 N–H and O–H groups in total. The monoisotopic (exact) mass is 251 g/mol. The van der Waals surface area contributed by atoms with Gasteiger partial charge in [-0.1, -0.05) is 6.07 Å². The molecule has 2 rings (SSSR count). The quantitative estimate of drug-likeness (QED) is 0.623. The van der Waals surface area contributed by atoms with Gasteiger partial charge in [0, 0.05) is 25.2 Å². The molecule has 0 saturated carbocycles. The number of rotatable bonds is 4. The summed E-state index contributed by atoms with van der Waals surface area (Å²) in [7, 11) is 0. The lowest BCUT2D eigenvalue weighted by Gasteiger charge is -2.24. The number of hydrogen-bond acceptors (Lipinski definition) is 5. The number of anilines is 1. The molecule has 1 atom stereocenters. The Morgan fingerprint density at radius 2 is 2.44 bits per heavy atom. The van der Waals surface area contributed by atoms with E-state index in [0.717, 1.165) is 18.7 Å². The van der Waals surface area contributed by atoms with Crippen molar-refractivity contribution in [2.45, 2.75) is 13.0 Å². The summed E-state index contributed by atoms with van der Waals surface area (Å²) in [6, 6.07) is 5.26. The summed E-state index contributed by atoms with van der Waals surface area (Å²) in [6.45, 7) is 4.71. The Morgan fingerprint density at radius 1 is 1.61 bits per heavy atom. The molecule has 6 heteroatoms. The minimum absolute atomic E-state index is 0.109. The maximum absolute atomic E-state index is 10.9. The highest BCUT2D eigenvalue weighted by atomic mass is 16.6. The summed E-state index contributed by atoms with van der Waals surface area (Å²) in [4.78, 5) is 10.5. The number of benzene rings is 1. The highest BCUT2D eigenvalue weighted by Crippen LogP contribution is 2.25. The SMILES string of the molecule is Cc1ccc([N+](=O)[O-])c(NCC2COCCN2)c1. The summed E-state index contributed by atoms with van der Waals surface area (Å²) < 4.78 is 5.34. The Hall–Kier alpha value is -1.66.